The highest BCUT2D eigenvalue weighted by molar-refractivity contribution is 7.88. The first-order valence-corrected chi connectivity index (χ1v) is 15.9. The molecule has 43 heavy (non-hydrogen) atoms. The molecule has 3 unspecified atom stereocenters. The molecule has 0 saturated carbocycles. The molecule has 3 heterocycles. The summed E-state index contributed by atoms with van der Waals surface area (Å²) in [5.74, 6) is -1.47. The Morgan fingerprint density at radius 2 is 1.74 bits per heavy atom. The summed E-state index contributed by atoms with van der Waals surface area (Å²) in [5, 5.41) is 12.6. The standard InChI is InChI=1S/C32H36N4O6S/c1-32(2,3)24-10-8-23(9-11-24)30(39)34-26(17-21-6-12-25(37)13-7-21)31(40)35-16-14-27-29(35)28(38)19-36(27)43(41,42)20-22-5-4-15-33-18-22/h4-13,15,18,26-27,29,37H,14,16-17,19-20H2,1-3H3,(H,34,39). The number of phenols is 1. The topological polar surface area (TPSA) is 137 Å². The lowest BCUT2D eigenvalue weighted by molar-refractivity contribution is -0.138. The van der Waals surface area contributed by atoms with Crippen LogP contribution in [-0.4, -0.2) is 76.5 Å². The van der Waals surface area contributed by atoms with Crippen molar-refractivity contribution in [2.75, 3.05) is 13.1 Å². The Labute approximate surface area is 251 Å². The molecule has 11 heteroatoms. The van der Waals surface area contributed by atoms with Crippen molar-refractivity contribution in [3.63, 3.8) is 0 Å². The Kier molecular flexibility index (Phi) is 8.40. The highest BCUT2D eigenvalue weighted by atomic mass is 32.2. The van der Waals surface area contributed by atoms with Crippen LogP contribution in [0.25, 0.3) is 0 Å². The molecule has 0 radical (unpaired) electrons. The number of hydrogen-bond donors (Lipinski definition) is 2. The minimum absolute atomic E-state index is 0.0705. The Hall–Kier alpha value is -4.09. The summed E-state index contributed by atoms with van der Waals surface area (Å²) in [6.45, 7) is 6.10. The van der Waals surface area contributed by atoms with Crippen LogP contribution >= 0.6 is 0 Å². The normalized spacial score (nSPS) is 19.7. The van der Waals surface area contributed by atoms with Crippen molar-refractivity contribution < 1.29 is 27.9 Å². The summed E-state index contributed by atoms with van der Waals surface area (Å²) in [6.07, 6.45) is 3.46. The predicted octanol–water partition coefficient (Wildman–Crippen LogP) is 2.81. The zero-order valence-electron chi connectivity index (χ0n) is 24.4. The molecule has 0 aliphatic carbocycles. The molecule has 2 aliphatic rings. The van der Waals surface area contributed by atoms with Crippen LogP contribution in [-0.2, 0) is 37.2 Å². The van der Waals surface area contributed by atoms with E-state index in [0.717, 1.165) is 5.56 Å². The van der Waals surface area contributed by atoms with E-state index in [1.807, 2.05) is 12.1 Å². The highest BCUT2D eigenvalue weighted by Gasteiger charge is 2.54. The number of fused-ring (bicyclic) bond motifs is 1. The van der Waals surface area contributed by atoms with Crippen LogP contribution in [0.1, 0.15) is 54.2 Å². The number of likely N-dealkylation sites (tertiary alicyclic amines) is 1. The van der Waals surface area contributed by atoms with Crippen LogP contribution in [0.2, 0.25) is 0 Å². The first-order chi connectivity index (χ1) is 20.3. The van der Waals surface area contributed by atoms with Crippen molar-refractivity contribution in [2.45, 2.75) is 62.9 Å². The second-order valence-electron chi connectivity index (χ2n) is 12.2. The van der Waals surface area contributed by atoms with E-state index in [-0.39, 0.29) is 42.2 Å². The first-order valence-electron chi connectivity index (χ1n) is 14.2. The van der Waals surface area contributed by atoms with Gasteiger partial charge in [-0.1, -0.05) is 51.1 Å². The minimum Gasteiger partial charge on any atom is -0.508 e. The number of rotatable bonds is 8. The van der Waals surface area contributed by atoms with E-state index in [2.05, 4.69) is 31.1 Å². The summed E-state index contributed by atoms with van der Waals surface area (Å²) >= 11 is 0. The SMILES string of the molecule is CC(C)(C)c1ccc(C(=O)NC(Cc2ccc(O)cc2)C(=O)N2CCC3C2C(=O)CN3S(=O)(=O)Cc2cccnc2)cc1. The maximum atomic E-state index is 14.0. The minimum atomic E-state index is -3.85. The van der Waals surface area contributed by atoms with E-state index >= 15 is 0 Å². The van der Waals surface area contributed by atoms with Crippen molar-refractivity contribution in [3.05, 3.63) is 95.3 Å². The van der Waals surface area contributed by atoms with Crippen LogP contribution in [0.5, 0.6) is 5.75 Å². The lowest BCUT2D eigenvalue weighted by Gasteiger charge is -2.28. The van der Waals surface area contributed by atoms with E-state index in [0.29, 0.717) is 23.1 Å². The molecule has 226 valence electrons. The Balaban J connectivity index is 1.37. The number of pyridine rings is 1. The smallest absolute Gasteiger partial charge is 0.251 e. The number of nitrogens with one attached hydrogen (secondary N) is 1. The molecule has 2 aliphatic heterocycles. The van der Waals surface area contributed by atoms with Crippen LogP contribution in [0.4, 0.5) is 0 Å². The van der Waals surface area contributed by atoms with Crippen molar-refractivity contribution in [1.82, 2.24) is 19.5 Å². The number of ketones is 1. The summed E-state index contributed by atoms with van der Waals surface area (Å²) in [5.41, 5.74) is 2.57. The summed E-state index contributed by atoms with van der Waals surface area (Å²) in [6, 6.07) is 14.2. The lowest BCUT2D eigenvalue weighted by atomic mass is 9.86. The molecule has 5 rings (SSSR count). The molecule has 2 fully saturated rings. The van der Waals surface area contributed by atoms with Gasteiger partial charge in [0.15, 0.2) is 5.78 Å². The fourth-order valence-corrected chi connectivity index (χ4v) is 7.51. The summed E-state index contributed by atoms with van der Waals surface area (Å²) < 4.78 is 27.9. The van der Waals surface area contributed by atoms with Crippen LogP contribution in [0.3, 0.4) is 0 Å². The van der Waals surface area contributed by atoms with Crippen molar-refractivity contribution in [3.8, 4) is 5.75 Å². The van der Waals surface area contributed by atoms with E-state index in [9.17, 15) is 27.9 Å². The van der Waals surface area contributed by atoms with Gasteiger partial charge in [0.1, 0.15) is 17.8 Å². The number of benzene rings is 2. The van der Waals surface area contributed by atoms with Gasteiger partial charge in [-0.3, -0.25) is 19.4 Å². The number of amides is 2. The fourth-order valence-electron chi connectivity index (χ4n) is 5.79. The van der Waals surface area contributed by atoms with Crippen molar-refractivity contribution >= 4 is 27.6 Å². The monoisotopic (exact) mass is 604 g/mol. The molecule has 3 aromatic rings. The van der Waals surface area contributed by atoms with Gasteiger partial charge in [-0.05, 0) is 58.9 Å². The molecule has 3 atom stereocenters. The summed E-state index contributed by atoms with van der Waals surface area (Å²) in [4.78, 5) is 46.0. The average molecular weight is 605 g/mol. The largest absolute Gasteiger partial charge is 0.508 e. The van der Waals surface area contributed by atoms with Gasteiger partial charge in [-0.25, -0.2) is 8.42 Å². The molecule has 2 N–H and O–H groups in total. The molecule has 1 aromatic heterocycles. The van der Waals surface area contributed by atoms with Gasteiger partial charge in [0.25, 0.3) is 5.91 Å². The van der Waals surface area contributed by atoms with Crippen LogP contribution < -0.4 is 5.32 Å². The number of Topliss-reactive ketones (excluding diaryl/α,β-unsaturated/α-hetero) is 1. The zero-order chi connectivity index (χ0) is 30.9. The first kappa shape index (κ1) is 30.4. The third-order valence-electron chi connectivity index (χ3n) is 8.08. The molecule has 2 saturated heterocycles. The molecule has 2 aromatic carbocycles. The second-order valence-corrected chi connectivity index (χ2v) is 14.1. The molecule has 0 spiro atoms. The number of aromatic hydroxyl groups is 1. The molecular formula is C32H36N4O6S. The Morgan fingerprint density at radius 3 is 2.37 bits per heavy atom. The molecular weight excluding hydrogens is 568 g/mol. The highest BCUT2D eigenvalue weighted by Crippen LogP contribution is 2.33. The Bertz CT molecular complexity index is 1600. The molecule has 2 amide bonds. The number of nitrogens with zero attached hydrogens (tertiary/aromatic N) is 3. The number of aromatic nitrogens is 1. The van der Waals surface area contributed by atoms with Gasteiger partial charge in [-0.15, -0.1) is 0 Å². The maximum absolute atomic E-state index is 14.0. The molecule has 0 bridgehead atoms. The van der Waals surface area contributed by atoms with Crippen LogP contribution in [0.15, 0.2) is 73.1 Å². The summed E-state index contributed by atoms with van der Waals surface area (Å²) in [7, 11) is -3.85. The predicted molar refractivity (Wildman–Crippen MR) is 161 cm³/mol. The van der Waals surface area contributed by atoms with Gasteiger partial charge in [0, 0.05) is 30.9 Å². The van der Waals surface area contributed by atoms with Crippen molar-refractivity contribution in [1.29, 1.82) is 0 Å². The van der Waals surface area contributed by atoms with Gasteiger partial charge in [0.2, 0.25) is 15.9 Å². The van der Waals surface area contributed by atoms with Gasteiger partial charge in [-0.2, -0.15) is 4.31 Å². The number of carbonyl (C=O) groups excluding carboxylic acids is 3. The number of phenolic OH excluding ortho intramolecular Hbond substituents is 1. The lowest BCUT2D eigenvalue weighted by Crippen LogP contribution is -2.53. The van der Waals surface area contributed by atoms with Crippen LogP contribution in [0, 0.1) is 0 Å². The number of sulfonamides is 1. The zero-order valence-corrected chi connectivity index (χ0v) is 25.3. The fraction of sp³-hybridized carbons (Fsp3) is 0.375. The Morgan fingerprint density at radius 1 is 1.05 bits per heavy atom. The quantitative estimate of drug-likeness (QED) is 0.404. The molecule has 10 nitrogen and oxygen atoms in total. The van der Waals surface area contributed by atoms with Gasteiger partial charge in [0.05, 0.1) is 18.3 Å². The number of hydrogen-bond acceptors (Lipinski definition) is 7. The average Bonchev–Trinajstić information content (AvgIpc) is 3.55. The number of carbonyl (C=O) groups is 3. The van der Waals surface area contributed by atoms with E-state index in [1.165, 1.54) is 27.5 Å². The third-order valence-corrected chi connectivity index (χ3v) is 9.90. The van der Waals surface area contributed by atoms with E-state index < -0.39 is 40.0 Å². The second kappa shape index (κ2) is 11.9. The van der Waals surface area contributed by atoms with E-state index in [1.54, 1.807) is 42.6 Å². The van der Waals surface area contributed by atoms with Gasteiger partial charge >= 0.3 is 0 Å². The van der Waals surface area contributed by atoms with E-state index in [4.69, 9.17) is 0 Å². The van der Waals surface area contributed by atoms with Gasteiger partial charge < -0.3 is 15.3 Å². The van der Waals surface area contributed by atoms with Crippen molar-refractivity contribution in [2.24, 2.45) is 0 Å². The maximum Gasteiger partial charge on any atom is 0.251 e. The third kappa shape index (κ3) is 6.62.